The topological polar surface area (TPSA) is 96.5 Å². The van der Waals surface area contributed by atoms with Crippen LogP contribution in [0.1, 0.15) is 48.9 Å². The number of nitriles is 1. The monoisotopic (exact) mass is 312 g/mol. The van der Waals surface area contributed by atoms with Crippen LogP contribution in [0.2, 0.25) is 0 Å². The Morgan fingerprint density at radius 1 is 1.35 bits per heavy atom. The summed E-state index contributed by atoms with van der Waals surface area (Å²) < 4.78 is 0. The summed E-state index contributed by atoms with van der Waals surface area (Å²) in [6.45, 7) is 4.52. The average molecular weight is 312 g/mol. The van der Waals surface area contributed by atoms with Crippen molar-refractivity contribution in [3.63, 3.8) is 0 Å². The van der Waals surface area contributed by atoms with Gasteiger partial charge in [-0.05, 0) is 29.7 Å². The molecule has 1 atom stereocenters. The molecule has 2 aromatic rings. The maximum Gasteiger partial charge on any atom is 0.251 e. The summed E-state index contributed by atoms with van der Waals surface area (Å²) in [7, 11) is 0. The minimum Gasteiger partial charge on any atom is -0.342 e. The number of rotatable bonds is 7. The molecule has 0 fully saturated rings. The first-order valence-corrected chi connectivity index (χ1v) is 7.62. The van der Waals surface area contributed by atoms with Crippen molar-refractivity contribution in [2.45, 2.75) is 39.3 Å². The van der Waals surface area contributed by atoms with Crippen LogP contribution in [0.5, 0.6) is 0 Å². The van der Waals surface area contributed by atoms with Gasteiger partial charge in [0.15, 0.2) is 5.82 Å². The number of hydrogen-bond acceptors (Lipinski definition) is 5. The third-order valence-corrected chi connectivity index (χ3v) is 3.38. The molecule has 7 heteroatoms. The van der Waals surface area contributed by atoms with E-state index in [4.69, 9.17) is 5.26 Å². The van der Waals surface area contributed by atoms with Crippen molar-refractivity contribution in [3.8, 4) is 6.07 Å². The first-order valence-electron chi connectivity index (χ1n) is 7.62. The van der Waals surface area contributed by atoms with Gasteiger partial charge in [0.05, 0.1) is 18.7 Å². The number of amides is 1. The fourth-order valence-corrected chi connectivity index (χ4v) is 2.12. The second kappa shape index (κ2) is 8.03. The maximum absolute atomic E-state index is 12.3. The van der Waals surface area contributed by atoms with Gasteiger partial charge in [-0.3, -0.25) is 4.79 Å². The quantitative estimate of drug-likeness (QED) is 0.790. The van der Waals surface area contributed by atoms with Gasteiger partial charge in [0, 0.05) is 12.0 Å². The van der Waals surface area contributed by atoms with Gasteiger partial charge in [0.25, 0.3) is 5.91 Å². The smallest absolute Gasteiger partial charge is 0.251 e. The first kappa shape index (κ1) is 16.6. The Hall–Kier alpha value is -2.75. The molecule has 7 nitrogen and oxygen atoms in total. The largest absolute Gasteiger partial charge is 0.342 e. The zero-order valence-corrected chi connectivity index (χ0v) is 13.3. The number of benzene rings is 1. The molecule has 23 heavy (non-hydrogen) atoms. The van der Waals surface area contributed by atoms with Gasteiger partial charge < -0.3 is 5.32 Å². The number of aromatic nitrogens is 4. The zero-order valence-electron chi connectivity index (χ0n) is 13.3. The highest BCUT2D eigenvalue weighted by atomic mass is 16.1. The Morgan fingerprint density at radius 3 is 2.74 bits per heavy atom. The first-order chi connectivity index (χ1) is 11.1. The summed E-state index contributed by atoms with van der Waals surface area (Å²) in [6, 6.07) is 10.8. The Bertz CT molecular complexity index is 673. The van der Waals surface area contributed by atoms with Gasteiger partial charge in [-0.2, -0.15) is 10.1 Å². The molecule has 1 aromatic carbocycles. The molecule has 0 aliphatic rings. The van der Waals surface area contributed by atoms with Gasteiger partial charge in [0.2, 0.25) is 0 Å². The van der Waals surface area contributed by atoms with E-state index in [9.17, 15) is 4.79 Å². The van der Waals surface area contributed by atoms with E-state index in [0.717, 1.165) is 0 Å². The van der Waals surface area contributed by atoms with E-state index in [-0.39, 0.29) is 17.9 Å². The molecule has 0 aliphatic heterocycles. The van der Waals surface area contributed by atoms with Crippen molar-refractivity contribution >= 4 is 5.91 Å². The molecular weight excluding hydrogens is 292 g/mol. The SMILES string of the molecule is CC(C)C(NC(=O)c1ccccc1)c1nnn(CCCC#N)n1. The van der Waals surface area contributed by atoms with Crippen molar-refractivity contribution in [2.24, 2.45) is 5.92 Å². The summed E-state index contributed by atoms with van der Waals surface area (Å²) in [4.78, 5) is 13.8. The van der Waals surface area contributed by atoms with Crippen LogP contribution in [0.15, 0.2) is 30.3 Å². The normalized spacial score (nSPS) is 11.9. The number of carbonyl (C=O) groups is 1. The lowest BCUT2D eigenvalue weighted by atomic mass is 10.0. The molecule has 1 amide bonds. The maximum atomic E-state index is 12.3. The highest BCUT2D eigenvalue weighted by molar-refractivity contribution is 5.94. The molecular formula is C16H20N6O. The summed E-state index contributed by atoms with van der Waals surface area (Å²) >= 11 is 0. The van der Waals surface area contributed by atoms with Gasteiger partial charge >= 0.3 is 0 Å². The molecule has 1 heterocycles. The number of nitrogens with zero attached hydrogens (tertiary/aromatic N) is 5. The van der Waals surface area contributed by atoms with E-state index < -0.39 is 0 Å². The summed E-state index contributed by atoms with van der Waals surface area (Å²) in [5.41, 5.74) is 0.597. The summed E-state index contributed by atoms with van der Waals surface area (Å²) in [5.74, 6) is 0.450. The van der Waals surface area contributed by atoms with Crippen LogP contribution in [0.4, 0.5) is 0 Å². The molecule has 1 N–H and O–H groups in total. The Kier molecular flexibility index (Phi) is 5.80. The van der Waals surface area contributed by atoms with Crippen LogP contribution in [-0.4, -0.2) is 26.1 Å². The molecule has 0 saturated heterocycles. The van der Waals surface area contributed by atoms with Crippen molar-refractivity contribution in [1.82, 2.24) is 25.5 Å². The second-order valence-corrected chi connectivity index (χ2v) is 5.57. The van der Waals surface area contributed by atoms with Crippen LogP contribution >= 0.6 is 0 Å². The fraction of sp³-hybridized carbons (Fsp3) is 0.438. The standard InChI is InChI=1S/C16H20N6O/c1-12(2)14(18-16(23)13-8-4-3-5-9-13)15-19-21-22(20-15)11-7-6-10-17/h3-5,8-9,12,14H,6-7,11H2,1-2H3,(H,18,23). The fourth-order valence-electron chi connectivity index (χ4n) is 2.12. The number of unbranched alkanes of at least 4 members (excludes halogenated alkanes) is 1. The molecule has 0 spiro atoms. The minimum atomic E-state index is -0.313. The second-order valence-electron chi connectivity index (χ2n) is 5.57. The minimum absolute atomic E-state index is 0.124. The number of nitrogens with one attached hydrogen (secondary N) is 1. The number of aryl methyl sites for hydroxylation is 1. The third kappa shape index (κ3) is 4.61. The number of hydrogen-bond donors (Lipinski definition) is 1. The third-order valence-electron chi connectivity index (χ3n) is 3.38. The number of tetrazole rings is 1. The lowest BCUT2D eigenvalue weighted by molar-refractivity contribution is 0.0923. The van der Waals surface area contributed by atoms with Crippen LogP contribution in [0.25, 0.3) is 0 Å². The molecule has 0 saturated carbocycles. The Balaban J connectivity index is 2.07. The molecule has 2 rings (SSSR count). The zero-order chi connectivity index (χ0) is 16.7. The number of carbonyl (C=O) groups excluding carboxylic acids is 1. The van der Waals surface area contributed by atoms with E-state index in [1.807, 2.05) is 32.0 Å². The van der Waals surface area contributed by atoms with Crippen molar-refractivity contribution < 1.29 is 4.79 Å². The van der Waals surface area contributed by atoms with Gasteiger partial charge in [-0.1, -0.05) is 32.0 Å². The van der Waals surface area contributed by atoms with Crippen molar-refractivity contribution in [3.05, 3.63) is 41.7 Å². The van der Waals surface area contributed by atoms with E-state index >= 15 is 0 Å². The highest BCUT2D eigenvalue weighted by Crippen LogP contribution is 2.18. The van der Waals surface area contributed by atoms with Crippen LogP contribution in [0.3, 0.4) is 0 Å². The van der Waals surface area contributed by atoms with Crippen LogP contribution < -0.4 is 5.32 Å². The van der Waals surface area contributed by atoms with Crippen LogP contribution in [-0.2, 0) is 6.54 Å². The van der Waals surface area contributed by atoms with Crippen LogP contribution in [0, 0.1) is 17.2 Å². The van der Waals surface area contributed by atoms with Crippen molar-refractivity contribution in [1.29, 1.82) is 5.26 Å². The van der Waals surface area contributed by atoms with Gasteiger partial charge in [-0.25, -0.2) is 0 Å². The summed E-state index contributed by atoms with van der Waals surface area (Å²) in [6.07, 6.45) is 1.13. The Labute approximate surface area is 135 Å². The predicted molar refractivity (Wildman–Crippen MR) is 84.2 cm³/mol. The molecule has 1 unspecified atom stereocenters. The van der Waals surface area contributed by atoms with Gasteiger partial charge in [0.1, 0.15) is 0 Å². The van der Waals surface area contributed by atoms with E-state index in [1.165, 1.54) is 4.80 Å². The molecule has 1 aromatic heterocycles. The lowest BCUT2D eigenvalue weighted by Gasteiger charge is -2.19. The summed E-state index contributed by atoms with van der Waals surface area (Å²) in [5, 5.41) is 23.9. The van der Waals surface area contributed by atoms with Crippen molar-refractivity contribution in [2.75, 3.05) is 0 Å². The Morgan fingerprint density at radius 2 is 2.09 bits per heavy atom. The van der Waals surface area contributed by atoms with E-state index in [1.54, 1.807) is 12.1 Å². The average Bonchev–Trinajstić information content (AvgIpc) is 3.01. The van der Waals surface area contributed by atoms with E-state index in [2.05, 4.69) is 26.8 Å². The molecule has 0 bridgehead atoms. The lowest BCUT2D eigenvalue weighted by Crippen LogP contribution is -2.32. The molecule has 120 valence electrons. The molecule has 0 radical (unpaired) electrons. The highest BCUT2D eigenvalue weighted by Gasteiger charge is 2.23. The predicted octanol–water partition coefficient (Wildman–Crippen LogP) is 2.10. The van der Waals surface area contributed by atoms with E-state index in [0.29, 0.717) is 30.8 Å². The molecule has 0 aliphatic carbocycles. The van der Waals surface area contributed by atoms with Gasteiger partial charge in [-0.15, -0.1) is 10.2 Å².